The van der Waals surface area contributed by atoms with Crippen LogP contribution in [-0.4, -0.2) is 94.7 Å². The number of nitrogens with one attached hydrogen (secondary N) is 2. The first kappa shape index (κ1) is 41.0. The summed E-state index contributed by atoms with van der Waals surface area (Å²) < 4.78 is 5.46. The molecule has 12 nitrogen and oxygen atoms in total. The monoisotopic (exact) mass is 724 g/mol. The molecule has 52 heavy (non-hydrogen) atoms. The number of Topliss-reactive ketones (excluding diaryl/α,β-unsaturated/α-hetero) is 2. The number of carbonyl (C=O) groups is 6. The van der Waals surface area contributed by atoms with Crippen LogP contribution >= 0.6 is 0 Å². The largest absolute Gasteiger partial charge is 0.444 e. The lowest BCUT2D eigenvalue weighted by Crippen LogP contribution is -2.58. The van der Waals surface area contributed by atoms with E-state index in [1.807, 2.05) is 26.8 Å². The van der Waals surface area contributed by atoms with Crippen LogP contribution in [0.15, 0.2) is 30.3 Å². The van der Waals surface area contributed by atoms with Gasteiger partial charge < -0.3 is 30.3 Å². The van der Waals surface area contributed by atoms with Crippen molar-refractivity contribution in [1.82, 2.24) is 20.4 Å². The summed E-state index contributed by atoms with van der Waals surface area (Å²) >= 11 is 0. The lowest BCUT2D eigenvalue weighted by molar-refractivity contribution is -0.144. The van der Waals surface area contributed by atoms with Crippen LogP contribution in [0.5, 0.6) is 0 Å². The number of benzene rings is 1. The number of aliphatic hydroxyl groups is 1. The molecule has 3 fully saturated rings. The van der Waals surface area contributed by atoms with Crippen molar-refractivity contribution in [3.63, 3.8) is 0 Å². The zero-order valence-corrected chi connectivity index (χ0v) is 32.7. The third-order valence-electron chi connectivity index (χ3n) is 10.9. The number of ketones is 2. The number of aliphatic hydroxyl groups excluding tert-OH is 1. The fourth-order valence-corrected chi connectivity index (χ4v) is 7.68. The molecular weight excluding hydrogens is 664 g/mol. The van der Waals surface area contributed by atoms with Crippen molar-refractivity contribution in [2.75, 3.05) is 20.6 Å². The van der Waals surface area contributed by atoms with Crippen LogP contribution in [0.3, 0.4) is 0 Å². The number of nitrogens with zero attached hydrogens (tertiary/aromatic N) is 2. The highest BCUT2D eigenvalue weighted by molar-refractivity contribution is 5.95. The van der Waals surface area contributed by atoms with Gasteiger partial charge in [0.05, 0.1) is 6.04 Å². The molecule has 1 aromatic rings. The van der Waals surface area contributed by atoms with Gasteiger partial charge in [-0.1, -0.05) is 77.8 Å². The van der Waals surface area contributed by atoms with E-state index in [9.17, 15) is 33.9 Å². The summed E-state index contributed by atoms with van der Waals surface area (Å²) in [7, 11) is 3.20. The Morgan fingerprint density at radius 3 is 2.12 bits per heavy atom. The minimum absolute atomic E-state index is 0.0772. The smallest absolute Gasteiger partial charge is 0.408 e. The minimum Gasteiger partial charge on any atom is -0.444 e. The van der Waals surface area contributed by atoms with E-state index in [1.165, 1.54) is 4.90 Å². The zero-order chi connectivity index (χ0) is 38.9. The molecule has 4 rings (SSSR count). The number of fused-ring (bicyclic) bond motifs is 1. The Balaban J connectivity index is 1.46. The molecule has 2 aliphatic carbocycles. The number of alkyl carbamates (subject to hydrolysis) is 1. The van der Waals surface area contributed by atoms with Gasteiger partial charge in [-0.2, -0.15) is 0 Å². The van der Waals surface area contributed by atoms with E-state index in [1.54, 1.807) is 64.0 Å². The Hall–Kier alpha value is -3.80. The first-order valence-electron chi connectivity index (χ1n) is 18.6. The SMILES string of the molecule is CN(C)C(=O)[C@@H](NC(=O)CCC(=O)C(O)C(CC(=O)[C@@H]1[C@@H]2C(CN1C(=O)[C@@H](NC(=O)OC(C)(C)C)C(C)(C)C)C2(C)C)CC1CC1)c1ccccc1. The molecule has 3 unspecified atom stereocenters. The van der Waals surface area contributed by atoms with Crippen molar-refractivity contribution in [1.29, 1.82) is 0 Å². The van der Waals surface area contributed by atoms with Crippen LogP contribution in [0.25, 0.3) is 0 Å². The van der Waals surface area contributed by atoms with Crippen LogP contribution < -0.4 is 10.6 Å². The van der Waals surface area contributed by atoms with Gasteiger partial charge in [0, 0.05) is 39.9 Å². The molecule has 0 bridgehead atoms. The van der Waals surface area contributed by atoms with Crippen LogP contribution in [0.2, 0.25) is 0 Å². The van der Waals surface area contributed by atoms with Crippen LogP contribution in [-0.2, 0) is 28.7 Å². The number of carbonyl (C=O) groups excluding carboxylic acids is 6. The lowest BCUT2D eigenvalue weighted by Gasteiger charge is -2.38. The van der Waals surface area contributed by atoms with Crippen LogP contribution in [0, 0.1) is 34.5 Å². The molecule has 2 saturated carbocycles. The van der Waals surface area contributed by atoms with Gasteiger partial charge in [-0.05, 0) is 67.3 Å². The molecule has 0 aromatic heterocycles. The molecule has 1 aromatic carbocycles. The summed E-state index contributed by atoms with van der Waals surface area (Å²) in [5, 5.41) is 16.9. The average molecular weight is 725 g/mol. The molecule has 12 heteroatoms. The molecule has 4 amide bonds. The van der Waals surface area contributed by atoms with Crippen molar-refractivity contribution >= 4 is 35.4 Å². The number of hydrogen-bond donors (Lipinski definition) is 3. The molecule has 3 aliphatic rings. The number of piperidine rings is 1. The van der Waals surface area contributed by atoms with Gasteiger partial charge in [-0.15, -0.1) is 0 Å². The number of ether oxygens (including phenoxy) is 1. The molecule has 0 spiro atoms. The lowest BCUT2D eigenvalue weighted by atomic mass is 9.83. The maximum atomic E-state index is 14.3. The topological polar surface area (TPSA) is 162 Å². The van der Waals surface area contributed by atoms with Crippen molar-refractivity contribution in [2.45, 2.75) is 124 Å². The second-order valence-corrected chi connectivity index (χ2v) is 18.0. The summed E-state index contributed by atoms with van der Waals surface area (Å²) in [5.74, 6) is -2.27. The Kier molecular flexibility index (Phi) is 12.3. The number of amides is 4. The van der Waals surface area contributed by atoms with Crippen molar-refractivity contribution in [3.8, 4) is 0 Å². The Morgan fingerprint density at radius 1 is 0.962 bits per heavy atom. The molecule has 1 heterocycles. The minimum atomic E-state index is -1.46. The van der Waals surface area contributed by atoms with Crippen molar-refractivity contribution in [3.05, 3.63) is 35.9 Å². The van der Waals surface area contributed by atoms with Gasteiger partial charge in [0.25, 0.3) is 0 Å². The highest BCUT2D eigenvalue weighted by Gasteiger charge is 2.69. The van der Waals surface area contributed by atoms with Gasteiger partial charge in [0.2, 0.25) is 17.7 Å². The third kappa shape index (κ3) is 9.99. The molecule has 7 atom stereocenters. The van der Waals surface area contributed by atoms with E-state index in [2.05, 4.69) is 24.5 Å². The second-order valence-electron chi connectivity index (χ2n) is 18.0. The summed E-state index contributed by atoms with van der Waals surface area (Å²) in [6.45, 7) is 15.3. The van der Waals surface area contributed by atoms with Gasteiger partial charge >= 0.3 is 6.09 Å². The summed E-state index contributed by atoms with van der Waals surface area (Å²) in [6.07, 6.45) is -0.365. The summed E-state index contributed by atoms with van der Waals surface area (Å²) in [5.41, 5.74) is -0.999. The Morgan fingerprint density at radius 2 is 1.58 bits per heavy atom. The fourth-order valence-electron chi connectivity index (χ4n) is 7.68. The van der Waals surface area contributed by atoms with E-state index in [4.69, 9.17) is 4.74 Å². The fraction of sp³-hybridized carbons (Fsp3) is 0.700. The van der Waals surface area contributed by atoms with Gasteiger partial charge in [0.1, 0.15) is 23.8 Å². The number of likely N-dealkylation sites (tertiary alicyclic amines) is 1. The highest BCUT2D eigenvalue weighted by atomic mass is 16.6. The van der Waals surface area contributed by atoms with E-state index in [0.717, 1.165) is 12.8 Å². The van der Waals surface area contributed by atoms with Crippen LogP contribution in [0.1, 0.15) is 106 Å². The molecule has 1 aliphatic heterocycles. The van der Waals surface area contributed by atoms with Gasteiger partial charge in [0.15, 0.2) is 11.6 Å². The van der Waals surface area contributed by atoms with E-state index in [-0.39, 0.29) is 54.1 Å². The second kappa shape index (κ2) is 15.7. The van der Waals surface area contributed by atoms with Gasteiger partial charge in [-0.3, -0.25) is 24.0 Å². The maximum absolute atomic E-state index is 14.3. The predicted molar refractivity (Wildman–Crippen MR) is 196 cm³/mol. The predicted octanol–water partition coefficient (Wildman–Crippen LogP) is 4.44. The molecular formula is C40H60N4O8. The third-order valence-corrected chi connectivity index (χ3v) is 10.9. The normalized spacial score (nSPS) is 23.0. The highest BCUT2D eigenvalue weighted by Crippen LogP contribution is 2.65. The van der Waals surface area contributed by atoms with Crippen LogP contribution in [0.4, 0.5) is 4.79 Å². The average Bonchev–Trinajstić information content (AvgIpc) is 3.90. The Labute approximate surface area is 308 Å². The first-order valence-corrected chi connectivity index (χ1v) is 18.6. The van der Waals surface area contributed by atoms with E-state index < -0.39 is 58.9 Å². The van der Waals surface area contributed by atoms with Crippen molar-refractivity contribution < 1.29 is 38.6 Å². The maximum Gasteiger partial charge on any atom is 0.408 e. The van der Waals surface area contributed by atoms with E-state index in [0.29, 0.717) is 24.4 Å². The van der Waals surface area contributed by atoms with Crippen molar-refractivity contribution in [2.24, 2.45) is 34.5 Å². The van der Waals surface area contributed by atoms with Gasteiger partial charge in [-0.25, -0.2) is 4.79 Å². The first-order chi connectivity index (χ1) is 24.0. The molecule has 3 N–H and O–H groups in total. The molecule has 288 valence electrons. The quantitative estimate of drug-likeness (QED) is 0.239. The standard InChI is InChI=1S/C40H60N4O8/c1-38(2,3)34(42-37(51)52-39(4,5)6)36(50)44-22-26-30(40(26,7)8)32(44)28(46)21-25(20-23-16-17-23)33(48)27(45)18-19-29(47)41-31(35(49)43(9)10)24-14-12-11-13-15-24/h11-15,23,25-26,30-34,48H,16-22H2,1-10H3,(H,41,47)(H,42,51)/t25?,26?,30-,31-,32+,33?,34+/m0/s1. The van der Waals surface area contributed by atoms with E-state index >= 15 is 0 Å². The Bertz CT molecular complexity index is 1510. The number of hydrogen-bond acceptors (Lipinski definition) is 8. The zero-order valence-electron chi connectivity index (χ0n) is 32.7. The molecule has 1 saturated heterocycles. The summed E-state index contributed by atoms with van der Waals surface area (Å²) in [6, 6.07) is 6.21. The summed E-state index contributed by atoms with van der Waals surface area (Å²) in [4.78, 5) is 83.6. The molecule has 0 radical (unpaired) electrons. The number of rotatable bonds is 15. The number of likely N-dealkylation sites (N-methyl/N-ethyl adjacent to an activating group) is 1.